The van der Waals surface area contributed by atoms with Crippen molar-refractivity contribution in [2.75, 3.05) is 12.0 Å². The molecule has 2 aromatic carbocycles. The molecule has 0 aliphatic carbocycles. The summed E-state index contributed by atoms with van der Waals surface area (Å²) < 4.78 is 22.4. The van der Waals surface area contributed by atoms with Gasteiger partial charge in [0.15, 0.2) is 0 Å². The van der Waals surface area contributed by atoms with Gasteiger partial charge in [0, 0.05) is 23.8 Å². The van der Waals surface area contributed by atoms with Crippen molar-refractivity contribution in [2.45, 2.75) is 13.5 Å². The second-order valence-corrected chi connectivity index (χ2v) is 5.81. The summed E-state index contributed by atoms with van der Waals surface area (Å²) in [6.45, 7) is 2.54. The monoisotopic (exact) mass is 329 g/mol. The van der Waals surface area contributed by atoms with Crippen molar-refractivity contribution >= 4 is 22.2 Å². The number of methoxy groups -OCH3 is 1. The molecule has 0 N–H and O–H groups in total. The van der Waals surface area contributed by atoms with E-state index in [4.69, 9.17) is 4.74 Å². The zero-order valence-corrected chi connectivity index (χ0v) is 13.7. The van der Waals surface area contributed by atoms with E-state index >= 15 is 0 Å². The van der Waals surface area contributed by atoms with Crippen LogP contribution in [0.3, 0.4) is 0 Å². The third-order valence-corrected chi connectivity index (χ3v) is 4.36. The second kappa shape index (κ2) is 6.75. The Hall–Kier alpha value is -2.47. The summed E-state index contributed by atoms with van der Waals surface area (Å²) >= 11 is 1.34. The SMILES string of the molecule is COc1ccc(N(Cc2ccc(F)cc2)c2snnc2C)cc1. The Kier molecular flexibility index (Phi) is 4.52. The Bertz CT molecular complexity index is 771. The number of rotatable bonds is 5. The van der Waals surface area contributed by atoms with Gasteiger partial charge in [-0.2, -0.15) is 0 Å². The lowest BCUT2D eigenvalue weighted by Crippen LogP contribution is -2.16. The first-order chi connectivity index (χ1) is 11.2. The molecule has 0 radical (unpaired) electrons. The number of hydrogen-bond acceptors (Lipinski definition) is 5. The van der Waals surface area contributed by atoms with Crippen LogP contribution in [0.25, 0.3) is 0 Å². The summed E-state index contributed by atoms with van der Waals surface area (Å²) in [5.74, 6) is 0.565. The third-order valence-electron chi connectivity index (χ3n) is 3.51. The number of nitrogens with zero attached hydrogens (tertiary/aromatic N) is 3. The van der Waals surface area contributed by atoms with Crippen LogP contribution in [0.1, 0.15) is 11.3 Å². The Morgan fingerprint density at radius 1 is 1.09 bits per heavy atom. The molecule has 118 valence electrons. The molecular formula is C17H16FN3OS. The Balaban J connectivity index is 1.96. The molecule has 1 heterocycles. The molecule has 0 unspecified atom stereocenters. The predicted octanol–water partition coefficient (Wildman–Crippen LogP) is 4.33. The maximum absolute atomic E-state index is 13.1. The van der Waals surface area contributed by atoms with Crippen LogP contribution in [0.15, 0.2) is 48.5 Å². The zero-order chi connectivity index (χ0) is 16.2. The Labute approximate surface area is 138 Å². The fourth-order valence-electron chi connectivity index (χ4n) is 2.29. The highest BCUT2D eigenvalue weighted by Gasteiger charge is 2.16. The summed E-state index contributed by atoms with van der Waals surface area (Å²) in [6, 6.07) is 14.3. The first-order valence-corrected chi connectivity index (χ1v) is 7.89. The Morgan fingerprint density at radius 3 is 2.35 bits per heavy atom. The van der Waals surface area contributed by atoms with Gasteiger partial charge in [-0.3, -0.25) is 0 Å². The van der Waals surface area contributed by atoms with Crippen LogP contribution in [0, 0.1) is 12.7 Å². The largest absolute Gasteiger partial charge is 0.497 e. The fourth-order valence-corrected chi connectivity index (χ4v) is 2.97. The van der Waals surface area contributed by atoms with Gasteiger partial charge in [0.2, 0.25) is 0 Å². The number of aromatic nitrogens is 2. The fraction of sp³-hybridized carbons (Fsp3) is 0.176. The van der Waals surface area contributed by atoms with Crippen molar-refractivity contribution in [2.24, 2.45) is 0 Å². The molecule has 1 aromatic heterocycles. The number of benzene rings is 2. The molecule has 0 atom stereocenters. The molecule has 0 aliphatic heterocycles. The van der Waals surface area contributed by atoms with Crippen molar-refractivity contribution in [1.29, 1.82) is 0 Å². The smallest absolute Gasteiger partial charge is 0.140 e. The molecular weight excluding hydrogens is 313 g/mol. The van der Waals surface area contributed by atoms with E-state index in [1.165, 1.54) is 23.7 Å². The van der Waals surface area contributed by atoms with Gasteiger partial charge in [-0.25, -0.2) is 4.39 Å². The van der Waals surface area contributed by atoms with Crippen LogP contribution >= 0.6 is 11.5 Å². The predicted molar refractivity (Wildman–Crippen MR) is 89.9 cm³/mol. The van der Waals surface area contributed by atoms with Crippen molar-refractivity contribution in [1.82, 2.24) is 9.59 Å². The van der Waals surface area contributed by atoms with Crippen molar-refractivity contribution in [3.8, 4) is 5.75 Å². The minimum Gasteiger partial charge on any atom is -0.497 e. The van der Waals surface area contributed by atoms with Crippen LogP contribution in [-0.2, 0) is 6.54 Å². The molecule has 0 saturated heterocycles. The molecule has 3 rings (SSSR count). The third kappa shape index (κ3) is 3.48. The van der Waals surface area contributed by atoms with E-state index in [0.29, 0.717) is 6.54 Å². The van der Waals surface area contributed by atoms with E-state index in [1.807, 2.05) is 31.2 Å². The maximum Gasteiger partial charge on any atom is 0.140 e. The van der Waals surface area contributed by atoms with E-state index in [9.17, 15) is 4.39 Å². The van der Waals surface area contributed by atoms with Gasteiger partial charge in [0.1, 0.15) is 16.6 Å². The molecule has 3 aromatic rings. The van der Waals surface area contributed by atoms with Crippen molar-refractivity contribution in [3.05, 3.63) is 65.6 Å². The molecule has 0 saturated carbocycles. The highest BCUT2D eigenvalue weighted by atomic mass is 32.1. The molecule has 6 heteroatoms. The van der Waals surface area contributed by atoms with Crippen LogP contribution < -0.4 is 9.64 Å². The van der Waals surface area contributed by atoms with Gasteiger partial charge in [-0.15, -0.1) is 5.10 Å². The minimum absolute atomic E-state index is 0.236. The summed E-state index contributed by atoms with van der Waals surface area (Å²) in [4.78, 5) is 2.12. The van der Waals surface area contributed by atoms with E-state index < -0.39 is 0 Å². The van der Waals surface area contributed by atoms with Crippen molar-refractivity contribution < 1.29 is 9.13 Å². The first kappa shape index (κ1) is 15.4. The van der Waals surface area contributed by atoms with Crippen molar-refractivity contribution in [3.63, 3.8) is 0 Å². The van der Waals surface area contributed by atoms with Gasteiger partial charge >= 0.3 is 0 Å². The van der Waals surface area contributed by atoms with Crippen LogP contribution in [-0.4, -0.2) is 16.7 Å². The maximum atomic E-state index is 13.1. The normalized spacial score (nSPS) is 10.6. The van der Waals surface area contributed by atoms with Gasteiger partial charge in [-0.05, 0) is 48.9 Å². The van der Waals surface area contributed by atoms with E-state index in [-0.39, 0.29) is 5.82 Å². The van der Waals surface area contributed by atoms with Gasteiger partial charge in [0.25, 0.3) is 0 Å². The summed E-state index contributed by atoms with van der Waals surface area (Å²) in [7, 11) is 1.64. The van der Waals surface area contributed by atoms with Gasteiger partial charge in [-0.1, -0.05) is 16.6 Å². The summed E-state index contributed by atoms with van der Waals surface area (Å²) in [6.07, 6.45) is 0. The average molecular weight is 329 g/mol. The minimum atomic E-state index is -0.236. The summed E-state index contributed by atoms with van der Waals surface area (Å²) in [5, 5.41) is 5.07. The Morgan fingerprint density at radius 2 is 1.78 bits per heavy atom. The number of anilines is 2. The van der Waals surface area contributed by atoms with Gasteiger partial charge < -0.3 is 9.64 Å². The molecule has 23 heavy (non-hydrogen) atoms. The number of ether oxygens (including phenoxy) is 1. The topological polar surface area (TPSA) is 38.2 Å². The standard InChI is InChI=1S/C17H16FN3OS/c1-12-17(23-20-19-12)21(11-13-3-5-14(18)6-4-13)15-7-9-16(22-2)10-8-15/h3-10H,11H2,1-2H3. The van der Waals surface area contributed by atoms with Crippen LogP contribution in [0.2, 0.25) is 0 Å². The van der Waals surface area contributed by atoms with Crippen LogP contribution in [0.4, 0.5) is 15.1 Å². The first-order valence-electron chi connectivity index (χ1n) is 7.12. The number of aryl methyl sites for hydroxylation is 1. The molecule has 0 amide bonds. The van der Waals surface area contributed by atoms with E-state index in [1.54, 1.807) is 19.2 Å². The number of hydrogen-bond donors (Lipinski definition) is 0. The molecule has 0 aliphatic rings. The highest BCUT2D eigenvalue weighted by Crippen LogP contribution is 2.33. The second-order valence-electron chi connectivity index (χ2n) is 5.07. The molecule has 0 bridgehead atoms. The quantitative estimate of drug-likeness (QED) is 0.698. The highest BCUT2D eigenvalue weighted by molar-refractivity contribution is 7.10. The van der Waals surface area contributed by atoms with E-state index in [2.05, 4.69) is 14.5 Å². The van der Waals surface area contributed by atoms with Crippen LogP contribution in [0.5, 0.6) is 5.75 Å². The lowest BCUT2D eigenvalue weighted by Gasteiger charge is -2.23. The lowest BCUT2D eigenvalue weighted by molar-refractivity contribution is 0.415. The summed E-state index contributed by atoms with van der Waals surface area (Å²) in [5.41, 5.74) is 2.88. The molecule has 0 spiro atoms. The lowest BCUT2D eigenvalue weighted by atomic mass is 10.2. The van der Waals surface area contributed by atoms with Gasteiger partial charge in [0.05, 0.1) is 12.8 Å². The average Bonchev–Trinajstić information content (AvgIpc) is 3.00. The number of halogens is 1. The zero-order valence-electron chi connectivity index (χ0n) is 12.9. The molecule has 4 nitrogen and oxygen atoms in total. The molecule has 0 fully saturated rings. The van der Waals surface area contributed by atoms with E-state index in [0.717, 1.165) is 27.7 Å².